The molecule has 0 aromatic carbocycles. The molecular weight excluding hydrogens is 227 g/mol. The highest BCUT2D eigenvalue weighted by Crippen LogP contribution is 2.28. The fourth-order valence-electron chi connectivity index (χ4n) is 1.01. The van der Waals surface area contributed by atoms with Crippen molar-refractivity contribution in [1.82, 2.24) is 9.78 Å². The standard InChI is InChI=1S/C8H12F3N3S/c1-6-4-7(8(9,10)11)13-14(6)5-15-3-2-12/h4H,2-3,5,12H2,1H3. The number of thioether (sulfide) groups is 1. The molecule has 0 aliphatic rings. The van der Waals surface area contributed by atoms with Crippen LogP contribution >= 0.6 is 11.8 Å². The second-order valence-corrected chi connectivity index (χ2v) is 4.07. The molecule has 2 N–H and O–H groups in total. The Morgan fingerprint density at radius 3 is 2.67 bits per heavy atom. The van der Waals surface area contributed by atoms with Crippen LogP contribution < -0.4 is 5.73 Å². The zero-order chi connectivity index (χ0) is 11.5. The molecule has 0 atom stereocenters. The summed E-state index contributed by atoms with van der Waals surface area (Å²) in [5, 5.41) is 3.48. The highest BCUT2D eigenvalue weighted by Gasteiger charge is 2.34. The average molecular weight is 239 g/mol. The third kappa shape index (κ3) is 3.42. The lowest BCUT2D eigenvalue weighted by molar-refractivity contribution is -0.141. The van der Waals surface area contributed by atoms with E-state index in [1.54, 1.807) is 6.92 Å². The van der Waals surface area contributed by atoms with Crippen molar-refractivity contribution in [2.75, 3.05) is 12.3 Å². The quantitative estimate of drug-likeness (QED) is 0.816. The minimum atomic E-state index is -4.37. The third-order valence-corrected chi connectivity index (χ3v) is 2.70. The van der Waals surface area contributed by atoms with Gasteiger partial charge in [-0.15, -0.1) is 11.8 Å². The van der Waals surface area contributed by atoms with E-state index in [0.717, 1.165) is 6.07 Å². The first kappa shape index (κ1) is 12.4. The van der Waals surface area contributed by atoms with E-state index in [2.05, 4.69) is 5.10 Å². The molecule has 0 bridgehead atoms. The van der Waals surface area contributed by atoms with Gasteiger partial charge in [0.2, 0.25) is 0 Å². The Hall–Kier alpha value is -0.690. The number of aryl methyl sites for hydroxylation is 1. The number of hydrogen-bond acceptors (Lipinski definition) is 3. The smallest absolute Gasteiger partial charge is 0.330 e. The Morgan fingerprint density at radius 2 is 2.20 bits per heavy atom. The summed E-state index contributed by atoms with van der Waals surface area (Å²) in [6.45, 7) is 2.11. The van der Waals surface area contributed by atoms with Crippen LogP contribution in [0.2, 0.25) is 0 Å². The maximum absolute atomic E-state index is 12.3. The highest BCUT2D eigenvalue weighted by atomic mass is 32.2. The van der Waals surface area contributed by atoms with E-state index >= 15 is 0 Å². The number of halogens is 3. The van der Waals surface area contributed by atoms with Gasteiger partial charge in [0.1, 0.15) is 0 Å². The fraction of sp³-hybridized carbons (Fsp3) is 0.625. The molecule has 1 heterocycles. The topological polar surface area (TPSA) is 43.8 Å². The van der Waals surface area contributed by atoms with E-state index in [4.69, 9.17) is 5.73 Å². The van der Waals surface area contributed by atoms with E-state index in [1.165, 1.54) is 16.4 Å². The molecule has 0 spiro atoms. The van der Waals surface area contributed by atoms with Crippen molar-refractivity contribution in [1.29, 1.82) is 0 Å². The van der Waals surface area contributed by atoms with Crippen molar-refractivity contribution in [3.8, 4) is 0 Å². The molecule has 0 saturated heterocycles. The van der Waals surface area contributed by atoms with E-state index in [1.807, 2.05) is 0 Å². The number of hydrogen-bond donors (Lipinski definition) is 1. The lowest BCUT2D eigenvalue weighted by Crippen LogP contribution is -2.08. The van der Waals surface area contributed by atoms with Gasteiger partial charge in [-0.25, -0.2) is 0 Å². The summed E-state index contributed by atoms with van der Waals surface area (Å²) < 4.78 is 38.1. The summed E-state index contributed by atoms with van der Waals surface area (Å²) in [4.78, 5) is 0. The van der Waals surface area contributed by atoms with Crippen molar-refractivity contribution in [2.24, 2.45) is 5.73 Å². The summed E-state index contributed by atoms with van der Waals surface area (Å²) in [5.41, 5.74) is 4.94. The molecule has 1 aromatic heterocycles. The Kier molecular flexibility index (Phi) is 4.04. The average Bonchev–Trinajstić information content (AvgIpc) is 2.48. The summed E-state index contributed by atoms with van der Waals surface area (Å²) in [6.07, 6.45) is -4.37. The van der Waals surface area contributed by atoms with Gasteiger partial charge >= 0.3 is 6.18 Å². The molecule has 0 aliphatic carbocycles. The molecule has 7 heteroatoms. The second-order valence-electron chi connectivity index (χ2n) is 2.99. The SMILES string of the molecule is Cc1cc(C(F)(F)F)nn1CSCCN. The van der Waals surface area contributed by atoms with Gasteiger partial charge < -0.3 is 5.73 Å². The Morgan fingerprint density at radius 1 is 1.53 bits per heavy atom. The van der Waals surface area contributed by atoms with Crippen LogP contribution in [-0.4, -0.2) is 22.1 Å². The summed E-state index contributed by atoms with van der Waals surface area (Å²) in [6, 6.07) is 1.04. The molecule has 0 amide bonds. The predicted octanol–water partition coefficient (Wildman–Crippen LogP) is 1.86. The molecule has 0 aliphatic heterocycles. The molecule has 0 fully saturated rings. The van der Waals surface area contributed by atoms with Gasteiger partial charge in [-0.3, -0.25) is 4.68 Å². The van der Waals surface area contributed by atoms with Gasteiger partial charge in [-0.05, 0) is 13.0 Å². The Balaban J connectivity index is 2.69. The lowest BCUT2D eigenvalue weighted by Gasteiger charge is -2.03. The molecule has 1 aromatic rings. The maximum atomic E-state index is 12.3. The van der Waals surface area contributed by atoms with Gasteiger partial charge in [0, 0.05) is 18.0 Å². The van der Waals surface area contributed by atoms with Crippen LogP contribution in [0.25, 0.3) is 0 Å². The minimum absolute atomic E-state index is 0.402. The van der Waals surface area contributed by atoms with Gasteiger partial charge in [0.25, 0.3) is 0 Å². The molecular formula is C8H12F3N3S. The van der Waals surface area contributed by atoms with E-state index in [-0.39, 0.29) is 0 Å². The Bertz CT molecular complexity index is 321. The van der Waals surface area contributed by atoms with Gasteiger partial charge in [-0.2, -0.15) is 18.3 Å². The molecule has 0 radical (unpaired) electrons. The predicted molar refractivity (Wildman–Crippen MR) is 53.5 cm³/mol. The van der Waals surface area contributed by atoms with Crippen LogP contribution in [0, 0.1) is 6.92 Å². The summed E-state index contributed by atoms with van der Waals surface area (Å²) >= 11 is 1.45. The fourth-order valence-corrected chi connectivity index (χ4v) is 1.74. The first-order chi connectivity index (χ1) is 6.95. The number of alkyl halides is 3. The number of aromatic nitrogens is 2. The van der Waals surface area contributed by atoms with Crippen LogP contribution in [0.3, 0.4) is 0 Å². The van der Waals surface area contributed by atoms with Crippen molar-refractivity contribution in [3.05, 3.63) is 17.5 Å². The van der Waals surface area contributed by atoms with Crippen LogP contribution in [0.5, 0.6) is 0 Å². The van der Waals surface area contributed by atoms with Gasteiger partial charge in [0.15, 0.2) is 5.69 Å². The monoisotopic (exact) mass is 239 g/mol. The number of nitrogens with zero attached hydrogens (tertiary/aromatic N) is 2. The van der Waals surface area contributed by atoms with Crippen molar-refractivity contribution in [3.63, 3.8) is 0 Å². The third-order valence-electron chi connectivity index (χ3n) is 1.75. The second kappa shape index (κ2) is 4.89. The molecule has 3 nitrogen and oxygen atoms in total. The molecule has 0 saturated carbocycles. The number of rotatable bonds is 4. The summed E-state index contributed by atoms with van der Waals surface area (Å²) in [7, 11) is 0. The first-order valence-corrected chi connectivity index (χ1v) is 5.50. The van der Waals surface area contributed by atoms with Crippen molar-refractivity contribution >= 4 is 11.8 Å². The summed E-state index contributed by atoms with van der Waals surface area (Å²) in [5.74, 6) is 1.11. The van der Waals surface area contributed by atoms with Gasteiger partial charge in [-0.1, -0.05) is 0 Å². The van der Waals surface area contributed by atoms with Crippen LogP contribution in [-0.2, 0) is 12.1 Å². The zero-order valence-electron chi connectivity index (χ0n) is 8.21. The van der Waals surface area contributed by atoms with E-state index in [9.17, 15) is 13.2 Å². The van der Waals surface area contributed by atoms with Crippen LogP contribution in [0.15, 0.2) is 6.07 Å². The van der Waals surface area contributed by atoms with E-state index in [0.29, 0.717) is 23.9 Å². The first-order valence-electron chi connectivity index (χ1n) is 4.34. The normalized spacial score (nSPS) is 12.1. The van der Waals surface area contributed by atoms with Crippen LogP contribution in [0.1, 0.15) is 11.4 Å². The highest BCUT2D eigenvalue weighted by molar-refractivity contribution is 7.98. The maximum Gasteiger partial charge on any atom is 0.435 e. The minimum Gasteiger partial charge on any atom is -0.330 e. The van der Waals surface area contributed by atoms with Gasteiger partial charge in [0.05, 0.1) is 5.88 Å². The van der Waals surface area contributed by atoms with Crippen molar-refractivity contribution < 1.29 is 13.2 Å². The zero-order valence-corrected chi connectivity index (χ0v) is 9.03. The lowest BCUT2D eigenvalue weighted by atomic mass is 10.4. The van der Waals surface area contributed by atoms with Crippen LogP contribution in [0.4, 0.5) is 13.2 Å². The molecule has 86 valence electrons. The largest absolute Gasteiger partial charge is 0.435 e. The number of nitrogens with two attached hydrogens (primary N) is 1. The van der Waals surface area contributed by atoms with E-state index < -0.39 is 11.9 Å². The molecule has 1 rings (SSSR count). The molecule has 0 unspecified atom stereocenters. The Labute approximate surface area is 89.8 Å². The molecule has 15 heavy (non-hydrogen) atoms. The van der Waals surface area contributed by atoms with Crippen molar-refractivity contribution in [2.45, 2.75) is 19.0 Å².